The average Bonchev–Trinajstić information content (AvgIpc) is 2.43. The molecule has 19 heavy (non-hydrogen) atoms. The summed E-state index contributed by atoms with van der Waals surface area (Å²) in [4.78, 5) is 11.7. The Hall–Kier alpha value is -0.910. The molecule has 0 unspecified atom stereocenters. The Morgan fingerprint density at radius 2 is 1.95 bits per heavy atom. The van der Waals surface area contributed by atoms with E-state index in [9.17, 15) is 4.79 Å². The van der Waals surface area contributed by atoms with Crippen LogP contribution in [0.3, 0.4) is 0 Å². The summed E-state index contributed by atoms with van der Waals surface area (Å²) < 4.78 is 6.31. The molecule has 1 fully saturated rings. The van der Waals surface area contributed by atoms with Crippen molar-refractivity contribution in [3.05, 3.63) is 28.7 Å². The van der Waals surface area contributed by atoms with Gasteiger partial charge in [0, 0.05) is 23.4 Å². The predicted molar refractivity (Wildman–Crippen MR) is 79.2 cm³/mol. The molecule has 1 aliphatic rings. The fraction of sp³-hybridized carbons (Fsp3) is 0.500. The minimum Gasteiger partial charge on any atom is -0.381 e. The SMILES string of the molecule is O=C(CNCC1CCOCC1)Nc1ccc(Br)cc1. The zero-order valence-electron chi connectivity index (χ0n) is 10.8. The quantitative estimate of drug-likeness (QED) is 0.873. The Kier molecular flexibility index (Phi) is 5.82. The number of halogens is 1. The number of benzene rings is 1. The minimum atomic E-state index is -0.00520. The summed E-state index contributed by atoms with van der Waals surface area (Å²) in [6, 6.07) is 7.57. The second kappa shape index (κ2) is 7.62. The van der Waals surface area contributed by atoms with Gasteiger partial charge in [0.2, 0.25) is 5.91 Å². The number of amides is 1. The maximum Gasteiger partial charge on any atom is 0.238 e. The molecule has 1 saturated heterocycles. The van der Waals surface area contributed by atoms with E-state index in [0.29, 0.717) is 12.5 Å². The van der Waals surface area contributed by atoms with Crippen molar-refractivity contribution >= 4 is 27.5 Å². The maximum atomic E-state index is 11.7. The Balaban J connectivity index is 1.65. The molecule has 5 heteroatoms. The van der Waals surface area contributed by atoms with E-state index in [0.717, 1.165) is 42.8 Å². The summed E-state index contributed by atoms with van der Waals surface area (Å²) in [7, 11) is 0. The van der Waals surface area contributed by atoms with Crippen LogP contribution in [-0.2, 0) is 9.53 Å². The molecule has 104 valence electrons. The van der Waals surface area contributed by atoms with Gasteiger partial charge in [-0.05, 0) is 49.6 Å². The third-order valence-electron chi connectivity index (χ3n) is 3.19. The van der Waals surface area contributed by atoms with E-state index in [1.54, 1.807) is 0 Å². The van der Waals surface area contributed by atoms with E-state index >= 15 is 0 Å². The summed E-state index contributed by atoms with van der Waals surface area (Å²) in [6.07, 6.45) is 2.17. The van der Waals surface area contributed by atoms with E-state index in [2.05, 4.69) is 26.6 Å². The Morgan fingerprint density at radius 1 is 1.26 bits per heavy atom. The van der Waals surface area contributed by atoms with Crippen LogP contribution in [0, 0.1) is 5.92 Å². The van der Waals surface area contributed by atoms with Crippen LogP contribution in [0.1, 0.15) is 12.8 Å². The van der Waals surface area contributed by atoms with Crippen LogP contribution in [-0.4, -0.2) is 32.2 Å². The van der Waals surface area contributed by atoms with Gasteiger partial charge in [0.25, 0.3) is 0 Å². The first-order chi connectivity index (χ1) is 9.24. The molecule has 0 radical (unpaired) electrons. The van der Waals surface area contributed by atoms with E-state index in [4.69, 9.17) is 4.74 Å². The molecule has 0 aliphatic carbocycles. The first-order valence-corrected chi connectivity index (χ1v) is 7.37. The monoisotopic (exact) mass is 326 g/mol. The fourth-order valence-electron chi connectivity index (χ4n) is 2.08. The first-order valence-electron chi connectivity index (χ1n) is 6.58. The lowest BCUT2D eigenvalue weighted by molar-refractivity contribution is -0.115. The highest BCUT2D eigenvalue weighted by molar-refractivity contribution is 9.10. The van der Waals surface area contributed by atoms with Gasteiger partial charge in [-0.15, -0.1) is 0 Å². The molecule has 1 aromatic carbocycles. The molecular weight excluding hydrogens is 308 g/mol. The molecule has 0 atom stereocenters. The Labute approximate surface area is 122 Å². The molecule has 1 aliphatic heterocycles. The summed E-state index contributed by atoms with van der Waals surface area (Å²) in [5.41, 5.74) is 0.820. The summed E-state index contributed by atoms with van der Waals surface area (Å²) >= 11 is 3.36. The predicted octanol–water partition coefficient (Wildman–Crippen LogP) is 2.40. The van der Waals surface area contributed by atoms with Gasteiger partial charge in [0.15, 0.2) is 0 Å². The lowest BCUT2D eigenvalue weighted by atomic mass is 10.0. The van der Waals surface area contributed by atoms with Crippen molar-refractivity contribution in [3.8, 4) is 0 Å². The molecule has 1 heterocycles. The zero-order chi connectivity index (χ0) is 13.5. The van der Waals surface area contributed by atoms with E-state index in [-0.39, 0.29) is 5.91 Å². The second-order valence-corrected chi connectivity index (χ2v) is 5.66. The van der Waals surface area contributed by atoms with Crippen LogP contribution in [0.15, 0.2) is 28.7 Å². The summed E-state index contributed by atoms with van der Waals surface area (Å²) in [6.45, 7) is 2.93. The molecule has 2 rings (SSSR count). The topological polar surface area (TPSA) is 50.4 Å². The van der Waals surface area contributed by atoms with Gasteiger partial charge in [0.05, 0.1) is 6.54 Å². The van der Waals surface area contributed by atoms with Crippen LogP contribution in [0.2, 0.25) is 0 Å². The molecule has 1 aromatic rings. The smallest absolute Gasteiger partial charge is 0.238 e. The molecule has 0 aromatic heterocycles. The number of ether oxygens (including phenoxy) is 1. The van der Waals surface area contributed by atoms with Crippen LogP contribution in [0.4, 0.5) is 5.69 Å². The maximum absolute atomic E-state index is 11.7. The Bertz CT molecular complexity index is 402. The van der Waals surface area contributed by atoms with Crippen LogP contribution < -0.4 is 10.6 Å². The van der Waals surface area contributed by atoms with Gasteiger partial charge in [-0.2, -0.15) is 0 Å². The number of hydrogen-bond donors (Lipinski definition) is 2. The van der Waals surface area contributed by atoms with Crippen molar-refractivity contribution in [2.45, 2.75) is 12.8 Å². The lowest BCUT2D eigenvalue weighted by Crippen LogP contribution is -2.33. The normalized spacial score (nSPS) is 16.3. The zero-order valence-corrected chi connectivity index (χ0v) is 12.4. The number of rotatable bonds is 5. The highest BCUT2D eigenvalue weighted by atomic mass is 79.9. The van der Waals surface area contributed by atoms with Crippen molar-refractivity contribution < 1.29 is 9.53 Å². The molecule has 1 amide bonds. The third-order valence-corrected chi connectivity index (χ3v) is 3.72. The van der Waals surface area contributed by atoms with Crippen molar-refractivity contribution in [1.82, 2.24) is 5.32 Å². The van der Waals surface area contributed by atoms with E-state index < -0.39 is 0 Å². The van der Waals surface area contributed by atoms with Crippen LogP contribution in [0.25, 0.3) is 0 Å². The Morgan fingerprint density at radius 3 is 2.63 bits per heavy atom. The number of anilines is 1. The standard InChI is InChI=1S/C14H19BrN2O2/c15-12-1-3-13(4-2-12)17-14(18)10-16-9-11-5-7-19-8-6-11/h1-4,11,16H,5-10H2,(H,17,18). The molecule has 0 bridgehead atoms. The highest BCUT2D eigenvalue weighted by Gasteiger charge is 2.13. The number of nitrogens with one attached hydrogen (secondary N) is 2. The highest BCUT2D eigenvalue weighted by Crippen LogP contribution is 2.14. The van der Waals surface area contributed by atoms with Gasteiger partial charge in [0.1, 0.15) is 0 Å². The van der Waals surface area contributed by atoms with Crippen LogP contribution >= 0.6 is 15.9 Å². The third kappa shape index (κ3) is 5.30. The number of hydrogen-bond acceptors (Lipinski definition) is 3. The van der Waals surface area contributed by atoms with E-state index in [1.807, 2.05) is 24.3 Å². The summed E-state index contributed by atoms with van der Waals surface area (Å²) in [5, 5.41) is 6.07. The number of carbonyl (C=O) groups excluding carboxylic acids is 1. The molecular formula is C14H19BrN2O2. The average molecular weight is 327 g/mol. The van der Waals surface area contributed by atoms with Gasteiger partial charge < -0.3 is 15.4 Å². The molecule has 0 spiro atoms. The van der Waals surface area contributed by atoms with Crippen molar-refractivity contribution in [3.63, 3.8) is 0 Å². The minimum absolute atomic E-state index is 0.00520. The van der Waals surface area contributed by atoms with Crippen molar-refractivity contribution in [2.75, 3.05) is 31.6 Å². The largest absolute Gasteiger partial charge is 0.381 e. The van der Waals surface area contributed by atoms with Crippen LogP contribution in [0.5, 0.6) is 0 Å². The van der Waals surface area contributed by atoms with Gasteiger partial charge in [-0.3, -0.25) is 4.79 Å². The first kappa shape index (κ1) is 14.5. The van der Waals surface area contributed by atoms with Gasteiger partial charge in [-0.1, -0.05) is 15.9 Å². The fourth-order valence-corrected chi connectivity index (χ4v) is 2.34. The van der Waals surface area contributed by atoms with Crippen molar-refractivity contribution in [1.29, 1.82) is 0 Å². The van der Waals surface area contributed by atoms with Gasteiger partial charge in [-0.25, -0.2) is 0 Å². The molecule has 0 saturated carbocycles. The lowest BCUT2D eigenvalue weighted by Gasteiger charge is -2.22. The van der Waals surface area contributed by atoms with Gasteiger partial charge >= 0.3 is 0 Å². The second-order valence-electron chi connectivity index (χ2n) is 4.74. The number of carbonyl (C=O) groups is 1. The summed E-state index contributed by atoms with van der Waals surface area (Å²) in [5.74, 6) is 0.628. The van der Waals surface area contributed by atoms with E-state index in [1.165, 1.54) is 0 Å². The molecule has 2 N–H and O–H groups in total. The molecule has 4 nitrogen and oxygen atoms in total. The van der Waals surface area contributed by atoms with Crippen molar-refractivity contribution in [2.24, 2.45) is 5.92 Å².